The molecule has 3 heteroatoms. The summed E-state index contributed by atoms with van der Waals surface area (Å²) in [4.78, 5) is 0. The summed E-state index contributed by atoms with van der Waals surface area (Å²) in [5.74, 6) is -1.12. The lowest BCUT2D eigenvalue weighted by Crippen LogP contribution is -2.33. The number of hydrogen-bond acceptors (Lipinski definition) is 3. The van der Waals surface area contributed by atoms with Crippen molar-refractivity contribution in [2.45, 2.75) is 19.6 Å². The molecule has 3 nitrogen and oxygen atoms in total. The van der Waals surface area contributed by atoms with E-state index in [1.165, 1.54) is 7.11 Å². The van der Waals surface area contributed by atoms with Crippen LogP contribution >= 0.6 is 0 Å². The summed E-state index contributed by atoms with van der Waals surface area (Å²) in [6.07, 6.45) is 0. The molecule has 0 aliphatic rings. The van der Waals surface area contributed by atoms with E-state index in [-0.39, 0.29) is 6.61 Å². The monoisotopic (exact) mass is 134 g/mol. The first kappa shape index (κ1) is 8.88. The molecule has 0 aliphatic carbocycles. The molecule has 0 saturated heterocycles. The van der Waals surface area contributed by atoms with Crippen molar-refractivity contribution in [3.63, 3.8) is 0 Å². The Balaban J connectivity index is 3.43. The van der Waals surface area contributed by atoms with Gasteiger partial charge >= 0.3 is 0 Å². The summed E-state index contributed by atoms with van der Waals surface area (Å²) in [5, 5.41) is 9.17. The molecule has 0 bridgehead atoms. The summed E-state index contributed by atoms with van der Waals surface area (Å²) in [5.41, 5.74) is 0. The second-order valence-electron chi connectivity index (χ2n) is 2.04. The van der Waals surface area contributed by atoms with Crippen LogP contribution in [0.4, 0.5) is 0 Å². The first-order valence-electron chi connectivity index (χ1n) is 2.97. The van der Waals surface area contributed by atoms with E-state index in [0.717, 1.165) is 0 Å². The van der Waals surface area contributed by atoms with E-state index in [1.807, 2.05) is 6.92 Å². The first-order valence-corrected chi connectivity index (χ1v) is 2.97. The zero-order valence-electron chi connectivity index (χ0n) is 6.18. The van der Waals surface area contributed by atoms with Gasteiger partial charge in [0.25, 0.3) is 0 Å². The molecule has 9 heavy (non-hydrogen) atoms. The molecule has 1 N–H and O–H groups in total. The topological polar surface area (TPSA) is 38.7 Å². The van der Waals surface area contributed by atoms with Gasteiger partial charge in [0, 0.05) is 13.7 Å². The van der Waals surface area contributed by atoms with Crippen molar-refractivity contribution in [1.29, 1.82) is 0 Å². The SMILES string of the molecule is CCOC(C)(O)COC. The molecule has 0 aromatic heterocycles. The zero-order valence-corrected chi connectivity index (χ0v) is 6.18. The molecule has 0 fully saturated rings. The molecule has 0 aromatic rings. The van der Waals surface area contributed by atoms with Gasteiger partial charge in [-0.05, 0) is 13.8 Å². The van der Waals surface area contributed by atoms with Crippen LogP contribution in [0.2, 0.25) is 0 Å². The number of ether oxygens (including phenoxy) is 2. The Bertz CT molecular complexity index is 62.7. The van der Waals surface area contributed by atoms with Crippen molar-refractivity contribution >= 4 is 0 Å². The van der Waals surface area contributed by atoms with Gasteiger partial charge in [0.1, 0.15) is 0 Å². The van der Waals surface area contributed by atoms with E-state index in [2.05, 4.69) is 4.74 Å². The van der Waals surface area contributed by atoms with Crippen LogP contribution in [0.1, 0.15) is 13.8 Å². The predicted molar refractivity (Wildman–Crippen MR) is 34.1 cm³/mol. The third kappa shape index (κ3) is 4.39. The molecule has 0 radical (unpaired) electrons. The van der Waals surface area contributed by atoms with Crippen molar-refractivity contribution in [3.8, 4) is 0 Å². The van der Waals surface area contributed by atoms with Crippen LogP contribution in [-0.4, -0.2) is 31.2 Å². The Kier molecular flexibility index (Phi) is 3.77. The zero-order chi connectivity index (χ0) is 7.33. The molecular weight excluding hydrogens is 120 g/mol. The van der Waals surface area contributed by atoms with Crippen molar-refractivity contribution < 1.29 is 14.6 Å². The quantitative estimate of drug-likeness (QED) is 0.565. The molecule has 0 spiro atoms. The fourth-order valence-corrected chi connectivity index (χ4v) is 0.620. The smallest absolute Gasteiger partial charge is 0.186 e. The van der Waals surface area contributed by atoms with E-state index in [0.29, 0.717) is 6.61 Å². The van der Waals surface area contributed by atoms with Gasteiger partial charge in [-0.15, -0.1) is 0 Å². The minimum Gasteiger partial charge on any atom is -0.379 e. The van der Waals surface area contributed by atoms with Gasteiger partial charge in [0.2, 0.25) is 0 Å². The minimum atomic E-state index is -1.12. The Morgan fingerprint density at radius 2 is 2.11 bits per heavy atom. The first-order chi connectivity index (χ1) is 4.12. The highest BCUT2D eigenvalue weighted by Crippen LogP contribution is 2.03. The van der Waals surface area contributed by atoms with E-state index in [1.54, 1.807) is 6.92 Å². The van der Waals surface area contributed by atoms with Crippen LogP contribution in [0.25, 0.3) is 0 Å². The Morgan fingerprint density at radius 1 is 1.56 bits per heavy atom. The lowest BCUT2D eigenvalue weighted by molar-refractivity contribution is -0.212. The van der Waals surface area contributed by atoms with Gasteiger partial charge in [-0.1, -0.05) is 0 Å². The maximum atomic E-state index is 9.17. The lowest BCUT2D eigenvalue weighted by atomic mass is 10.3. The molecular formula is C6H14O3. The molecule has 1 unspecified atom stereocenters. The Labute approximate surface area is 55.6 Å². The second kappa shape index (κ2) is 3.82. The molecule has 0 saturated carbocycles. The average molecular weight is 134 g/mol. The van der Waals surface area contributed by atoms with Gasteiger partial charge < -0.3 is 14.6 Å². The van der Waals surface area contributed by atoms with Crippen molar-refractivity contribution in [3.05, 3.63) is 0 Å². The van der Waals surface area contributed by atoms with Gasteiger partial charge in [0.15, 0.2) is 5.79 Å². The fraction of sp³-hybridized carbons (Fsp3) is 1.00. The van der Waals surface area contributed by atoms with E-state index >= 15 is 0 Å². The molecule has 0 amide bonds. The number of rotatable bonds is 4. The Hall–Kier alpha value is -0.120. The number of methoxy groups -OCH3 is 1. The predicted octanol–water partition coefficient (Wildman–Crippen LogP) is 0.378. The van der Waals surface area contributed by atoms with Gasteiger partial charge in [-0.25, -0.2) is 0 Å². The van der Waals surface area contributed by atoms with Gasteiger partial charge in [0.05, 0.1) is 6.61 Å². The van der Waals surface area contributed by atoms with Crippen molar-refractivity contribution in [2.75, 3.05) is 20.3 Å². The number of aliphatic hydroxyl groups is 1. The highest BCUT2D eigenvalue weighted by molar-refractivity contribution is 4.55. The molecule has 1 atom stereocenters. The lowest BCUT2D eigenvalue weighted by Gasteiger charge is -2.21. The van der Waals surface area contributed by atoms with Crippen LogP contribution in [0, 0.1) is 0 Å². The van der Waals surface area contributed by atoms with Crippen molar-refractivity contribution in [2.24, 2.45) is 0 Å². The van der Waals surface area contributed by atoms with E-state index in [9.17, 15) is 0 Å². The minimum absolute atomic E-state index is 0.209. The summed E-state index contributed by atoms with van der Waals surface area (Å²) in [7, 11) is 1.52. The highest BCUT2D eigenvalue weighted by atomic mass is 16.6. The van der Waals surface area contributed by atoms with Crippen LogP contribution in [0.3, 0.4) is 0 Å². The van der Waals surface area contributed by atoms with Gasteiger partial charge in [-0.2, -0.15) is 0 Å². The largest absolute Gasteiger partial charge is 0.379 e. The third-order valence-corrected chi connectivity index (χ3v) is 0.867. The normalized spacial score (nSPS) is 17.3. The molecule has 0 aromatic carbocycles. The second-order valence-corrected chi connectivity index (χ2v) is 2.04. The summed E-state index contributed by atoms with van der Waals surface area (Å²) in [6, 6.07) is 0. The molecule has 0 aliphatic heterocycles. The van der Waals surface area contributed by atoms with E-state index < -0.39 is 5.79 Å². The molecule has 0 rings (SSSR count). The van der Waals surface area contributed by atoms with Crippen LogP contribution < -0.4 is 0 Å². The van der Waals surface area contributed by atoms with Crippen LogP contribution in [0.15, 0.2) is 0 Å². The molecule has 0 heterocycles. The maximum Gasteiger partial charge on any atom is 0.186 e. The fourth-order valence-electron chi connectivity index (χ4n) is 0.620. The maximum absolute atomic E-state index is 9.17. The highest BCUT2D eigenvalue weighted by Gasteiger charge is 2.18. The molecule has 56 valence electrons. The standard InChI is InChI=1S/C6H14O3/c1-4-9-6(2,7)5-8-3/h7H,4-5H2,1-3H3. The third-order valence-electron chi connectivity index (χ3n) is 0.867. The summed E-state index contributed by atoms with van der Waals surface area (Å²) in [6.45, 7) is 4.10. The number of hydrogen-bond donors (Lipinski definition) is 1. The van der Waals surface area contributed by atoms with Gasteiger partial charge in [-0.3, -0.25) is 0 Å². The average Bonchev–Trinajstić information content (AvgIpc) is 1.64. The summed E-state index contributed by atoms with van der Waals surface area (Å²) >= 11 is 0. The van der Waals surface area contributed by atoms with Crippen LogP contribution in [0.5, 0.6) is 0 Å². The Morgan fingerprint density at radius 3 is 2.44 bits per heavy atom. The summed E-state index contributed by atoms with van der Waals surface area (Å²) < 4.78 is 9.58. The van der Waals surface area contributed by atoms with Crippen molar-refractivity contribution in [1.82, 2.24) is 0 Å². The van der Waals surface area contributed by atoms with Crippen LogP contribution in [-0.2, 0) is 9.47 Å². The van der Waals surface area contributed by atoms with E-state index in [4.69, 9.17) is 9.84 Å².